The predicted octanol–water partition coefficient (Wildman–Crippen LogP) is 0.160. The standard InChI is InChI=1S/C16H23N3O4S/c17-24(21,22)12-14-9-16(20)19(11-14)10-13-1-3-15(4-2-13)18-5-7-23-8-6-18/h1-4,14H,5-12H2,(H2,17,21,22). The number of ether oxygens (including phenoxy) is 1. The lowest BCUT2D eigenvalue weighted by Gasteiger charge is -2.29. The van der Waals surface area contributed by atoms with Crippen molar-refractivity contribution >= 4 is 21.6 Å². The molecule has 0 radical (unpaired) electrons. The first kappa shape index (κ1) is 17.2. The molecular weight excluding hydrogens is 330 g/mol. The van der Waals surface area contributed by atoms with Crippen molar-refractivity contribution in [2.45, 2.75) is 13.0 Å². The minimum absolute atomic E-state index is 0.0131. The summed E-state index contributed by atoms with van der Waals surface area (Å²) < 4.78 is 27.7. The Morgan fingerprint density at radius 3 is 2.46 bits per heavy atom. The number of likely N-dealkylation sites (tertiary alicyclic amines) is 1. The van der Waals surface area contributed by atoms with Gasteiger partial charge in [-0.1, -0.05) is 12.1 Å². The second-order valence-electron chi connectivity index (χ2n) is 6.44. The largest absolute Gasteiger partial charge is 0.378 e. The van der Waals surface area contributed by atoms with Crippen LogP contribution in [0.2, 0.25) is 0 Å². The Balaban J connectivity index is 1.58. The maximum absolute atomic E-state index is 12.1. The molecule has 0 aromatic heterocycles. The molecule has 3 rings (SSSR count). The average molecular weight is 353 g/mol. The van der Waals surface area contributed by atoms with E-state index in [1.807, 2.05) is 12.1 Å². The minimum Gasteiger partial charge on any atom is -0.378 e. The molecule has 132 valence electrons. The van der Waals surface area contributed by atoms with Crippen molar-refractivity contribution in [1.82, 2.24) is 4.90 Å². The van der Waals surface area contributed by atoms with Crippen LogP contribution in [0, 0.1) is 5.92 Å². The van der Waals surface area contributed by atoms with Crippen LogP contribution in [0.1, 0.15) is 12.0 Å². The third-order valence-corrected chi connectivity index (χ3v) is 5.38. The highest BCUT2D eigenvalue weighted by atomic mass is 32.2. The fraction of sp³-hybridized carbons (Fsp3) is 0.562. The molecule has 2 aliphatic rings. The molecule has 2 heterocycles. The Morgan fingerprint density at radius 2 is 1.83 bits per heavy atom. The molecular formula is C16H23N3O4S. The van der Waals surface area contributed by atoms with Crippen LogP contribution in [-0.2, 0) is 26.1 Å². The van der Waals surface area contributed by atoms with E-state index in [9.17, 15) is 13.2 Å². The molecule has 1 unspecified atom stereocenters. The van der Waals surface area contributed by atoms with Gasteiger partial charge in [0.25, 0.3) is 0 Å². The van der Waals surface area contributed by atoms with Crippen LogP contribution < -0.4 is 10.0 Å². The van der Waals surface area contributed by atoms with Gasteiger partial charge in [0.05, 0.1) is 19.0 Å². The SMILES string of the molecule is NS(=O)(=O)CC1CC(=O)N(Cc2ccc(N3CCOCC3)cc2)C1. The normalized spacial score (nSPS) is 22.2. The van der Waals surface area contributed by atoms with Gasteiger partial charge < -0.3 is 14.5 Å². The number of primary sulfonamides is 1. The van der Waals surface area contributed by atoms with Gasteiger partial charge in [0.2, 0.25) is 15.9 Å². The lowest BCUT2D eigenvalue weighted by atomic mass is 10.1. The molecule has 2 aliphatic heterocycles. The second-order valence-corrected chi connectivity index (χ2v) is 8.10. The molecule has 1 atom stereocenters. The molecule has 0 spiro atoms. The lowest BCUT2D eigenvalue weighted by molar-refractivity contribution is -0.128. The first-order chi connectivity index (χ1) is 11.4. The molecule has 2 fully saturated rings. The van der Waals surface area contributed by atoms with E-state index in [1.165, 1.54) is 0 Å². The first-order valence-electron chi connectivity index (χ1n) is 8.10. The Morgan fingerprint density at radius 1 is 1.17 bits per heavy atom. The van der Waals surface area contributed by atoms with E-state index in [0.717, 1.165) is 37.6 Å². The monoisotopic (exact) mass is 353 g/mol. The highest BCUT2D eigenvalue weighted by molar-refractivity contribution is 7.89. The molecule has 1 amide bonds. The molecule has 8 heteroatoms. The number of hydrogen-bond acceptors (Lipinski definition) is 5. The molecule has 2 saturated heterocycles. The highest BCUT2D eigenvalue weighted by Crippen LogP contribution is 2.22. The van der Waals surface area contributed by atoms with Crippen LogP contribution in [0.15, 0.2) is 24.3 Å². The molecule has 7 nitrogen and oxygen atoms in total. The molecule has 0 bridgehead atoms. The lowest BCUT2D eigenvalue weighted by Crippen LogP contribution is -2.36. The van der Waals surface area contributed by atoms with Crippen molar-refractivity contribution in [3.8, 4) is 0 Å². The van der Waals surface area contributed by atoms with Gasteiger partial charge >= 0.3 is 0 Å². The predicted molar refractivity (Wildman–Crippen MR) is 91.0 cm³/mol. The molecule has 0 aliphatic carbocycles. The van der Waals surface area contributed by atoms with Crippen molar-refractivity contribution in [2.75, 3.05) is 43.5 Å². The fourth-order valence-corrected chi connectivity index (χ4v) is 4.18. The summed E-state index contributed by atoms with van der Waals surface area (Å²) in [7, 11) is -3.54. The molecule has 2 N–H and O–H groups in total. The van der Waals surface area contributed by atoms with Crippen LogP contribution in [-0.4, -0.2) is 57.8 Å². The smallest absolute Gasteiger partial charge is 0.223 e. The first-order valence-corrected chi connectivity index (χ1v) is 9.82. The van der Waals surface area contributed by atoms with Gasteiger partial charge in [-0.3, -0.25) is 4.79 Å². The van der Waals surface area contributed by atoms with E-state index in [2.05, 4.69) is 17.0 Å². The zero-order chi connectivity index (χ0) is 17.2. The van der Waals surface area contributed by atoms with Gasteiger partial charge in [0, 0.05) is 44.2 Å². The summed E-state index contributed by atoms with van der Waals surface area (Å²) in [6, 6.07) is 8.15. The zero-order valence-corrected chi connectivity index (χ0v) is 14.4. The number of morpholine rings is 1. The number of benzene rings is 1. The number of carbonyl (C=O) groups is 1. The van der Waals surface area contributed by atoms with Gasteiger partial charge in [-0.15, -0.1) is 0 Å². The Bertz CT molecular complexity index is 684. The number of carbonyl (C=O) groups excluding carboxylic acids is 1. The summed E-state index contributed by atoms with van der Waals surface area (Å²) in [5, 5.41) is 5.08. The van der Waals surface area contributed by atoms with Crippen LogP contribution in [0.25, 0.3) is 0 Å². The number of amides is 1. The van der Waals surface area contributed by atoms with Gasteiger partial charge in [0.1, 0.15) is 0 Å². The maximum Gasteiger partial charge on any atom is 0.223 e. The molecule has 24 heavy (non-hydrogen) atoms. The van der Waals surface area contributed by atoms with E-state index >= 15 is 0 Å². The summed E-state index contributed by atoms with van der Waals surface area (Å²) >= 11 is 0. The number of rotatable bonds is 5. The Labute approximate surface area is 142 Å². The fourth-order valence-electron chi connectivity index (χ4n) is 3.30. The third-order valence-electron chi connectivity index (χ3n) is 4.45. The topological polar surface area (TPSA) is 92.9 Å². The quantitative estimate of drug-likeness (QED) is 0.814. The minimum atomic E-state index is -3.54. The van der Waals surface area contributed by atoms with Gasteiger partial charge in [-0.05, 0) is 17.7 Å². The van der Waals surface area contributed by atoms with Crippen molar-refractivity contribution in [3.05, 3.63) is 29.8 Å². The average Bonchev–Trinajstić information content (AvgIpc) is 2.86. The third kappa shape index (κ3) is 4.46. The molecule has 0 saturated carbocycles. The highest BCUT2D eigenvalue weighted by Gasteiger charge is 2.31. The number of sulfonamides is 1. The van der Waals surface area contributed by atoms with E-state index < -0.39 is 10.0 Å². The molecule has 1 aromatic rings. The van der Waals surface area contributed by atoms with Crippen LogP contribution in [0.4, 0.5) is 5.69 Å². The Kier molecular flexibility index (Phi) is 5.07. The Hall–Kier alpha value is -1.64. The zero-order valence-electron chi connectivity index (χ0n) is 13.6. The summed E-state index contributed by atoms with van der Waals surface area (Å²) in [4.78, 5) is 16.0. The summed E-state index contributed by atoms with van der Waals surface area (Å²) in [5.74, 6) is -0.355. The number of nitrogens with zero attached hydrogens (tertiary/aromatic N) is 2. The number of hydrogen-bond donors (Lipinski definition) is 1. The van der Waals surface area contributed by atoms with Crippen LogP contribution in [0.3, 0.4) is 0 Å². The number of nitrogens with two attached hydrogens (primary N) is 1. The van der Waals surface area contributed by atoms with E-state index in [4.69, 9.17) is 9.88 Å². The van der Waals surface area contributed by atoms with Gasteiger partial charge in [0.15, 0.2) is 0 Å². The van der Waals surface area contributed by atoms with E-state index in [-0.39, 0.29) is 24.0 Å². The van der Waals surface area contributed by atoms with Crippen LogP contribution in [0.5, 0.6) is 0 Å². The summed E-state index contributed by atoms with van der Waals surface area (Å²) in [6.45, 7) is 4.22. The van der Waals surface area contributed by atoms with Crippen molar-refractivity contribution in [3.63, 3.8) is 0 Å². The maximum atomic E-state index is 12.1. The van der Waals surface area contributed by atoms with Gasteiger partial charge in [-0.25, -0.2) is 13.6 Å². The summed E-state index contributed by atoms with van der Waals surface area (Å²) in [6.07, 6.45) is 0.252. The summed E-state index contributed by atoms with van der Waals surface area (Å²) in [5.41, 5.74) is 2.19. The van der Waals surface area contributed by atoms with E-state index in [1.54, 1.807) is 4.90 Å². The molecule has 1 aromatic carbocycles. The van der Waals surface area contributed by atoms with Crippen molar-refractivity contribution in [2.24, 2.45) is 11.1 Å². The van der Waals surface area contributed by atoms with Gasteiger partial charge in [-0.2, -0.15) is 0 Å². The second kappa shape index (κ2) is 7.08. The number of anilines is 1. The van der Waals surface area contributed by atoms with Crippen LogP contribution >= 0.6 is 0 Å². The van der Waals surface area contributed by atoms with Crippen molar-refractivity contribution in [1.29, 1.82) is 0 Å². The van der Waals surface area contributed by atoms with E-state index in [0.29, 0.717) is 13.1 Å². The van der Waals surface area contributed by atoms with Crippen molar-refractivity contribution < 1.29 is 17.9 Å².